The highest BCUT2D eigenvalue weighted by Gasteiger charge is 2.30. The highest BCUT2D eigenvalue weighted by atomic mass is 16.5. The Morgan fingerprint density at radius 1 is 1.25 bits per heavy atom. The lowest BCUT2D eigenvalue weighted by Gasteiger charge is -2.36. The number of morpholine rings is 1. The average molecular weight is 335 g/mol. The molecule has 0 aromatic carbocycles. The van der Waals surface area contributed by atoms with Gasteiger partial charge in [-0.3, -0.25) is 15.0 Å². The van der Waals surface area contributed by atoms with Crippen LogP contribution in [0.15, 0.2) is 16.5 Å². The van der Waals surface area contributed by atoms with Crippen molar-refractivity contribution in [2.75, 3.05) is 45.9 Å². The van der Waals surface area contributed by atoms with Crippen LogP contribution in [0.2, 0.25) is 0 Å². The Morgan fingerprint density at radius 2 is 2.04 bits per heavy atom. The maximum Gasteiger partial charge on any atom is 0.239 e. The summed E-state index contributed by atoms with van der Waals surface area (Å²) in [6.45, 7) is 10.2. The van der Waals surface area contributed by atoms with Crippen LogP contribution in [0.4, 0.5) is 0 Å². The molecule has 0 unspecified atom stereocenters. The number of likely N-dealkylation sites (tertiary alicyclic amines) is 1. The number of nitrogens with zero attached hydrogens (tertiary/aromatic N) is 2. The van der Waals surface area contributed by atoms with E-state index in [9.17, 15) is 4.79 Å². The first-order chi connectivity index (χ1) is 11.6. The van der Waals surface area contributed by atoms with Gasteiger partial charge in [-0.1, -0.05) is 0 Å². The van der Waals surface area contributed by atoms with E-state index in [4.69, 9.17) is 9.15 Å². The summed E-state index contributed by atoms with van der Waals surface area (Å²) < 4.78 is 11.0. The Hall–Kier alpha value is -1.37. The first kappa shape index (κ1) is 17.5. The number of rotatable bonds is 6. The fourth-order valence-corrected chi connectivity index (χ4v) is 3.47. The van der Waals surface area contributed by atoms with Crippen molar-refractivity contribution in [2.45, 2.75) is 38.8 Å². The SMILES string of the molecule is Cc1ccc([C@H](C)N[C@H]2CCCN(CCN3CCOCC3)C2=O)o1. The van der Waals surface area contributed by atoms with Gasteiger partial charge in [-0.15, -0.1) is 0 Å². The number of ether oxygens (including phenoxy) is 1. The summed E-state index contributed by atoms with van der Waals surface area (Å²) in [5.74, 6) is 2.02. The Morgan fingerprint density at radius 3 is 2.75 bits per heavy atom. The molecule has 2 aliphatic rings. The van der Waals surface area contributed by atoms with Crippen molar-refractivity contribution in [3.8, 4) is 0 Å². The highest BCUT2D eigenvalue weighted by Crippen LogP contribution is 2.19. The largest absolute Gasteiger partial charge is 0.465 e. The van der Waals surface area contributed by atoms with Crippen LogP contribution in [-0.4, -0.2) is 67.7 Å². The summed E-state index contributed by atoms with van der Waals surface area (Å²) in [4.78, 5) is 17.1. The quantitative estimate of drug-likeness (QED) is 0.855. The van der Waals surface area contributed by atoms with Gasteiger partial charge in [-0.25, -0.2) is 0 Å². The minimum Gasteiger partial charge on any atom is -0.465 e. The molecule has 2 aliphatic heterocycles. The summed E-state index contributed by atoms with van der Waals surface area (Å²) in [6, 6.07) is 3.89. The van der Waals surface area contributed by atoms with Crippen molar-refractivity contribution in [2.24, 2.45) is 0 Å². The van der Waals surface area contributed by atoms with E-state index in [2.05, 4.69) is 17.1 Å². The third kappa shape index (κ3) is 4.37. The summed E-state index contributed by atoms with van der Waals surface area (Å²) in [6.07, 6.45) is 1.95. The first-order valence-electron chi connectivity index (χ1n) is 9.05. The second kappa shape index (κ2) is 8.14. The molecule has 0 spiro atoms. The molecule has 1 aromatic rings. The fourth-order valence-electron chi connectivity index (χ4n) is 3.47. The Kier molecular flexibility index (Phi) is 5.92. The van der Waals surface area contributed by atoms with E-state index < -0.39 is 0 Å². The highest BCUT2D eigenvalue weighted by molar-refractivity contribution is 5.82. The number of carbonyl (C=O) groups excluding carboxylic acids is 1. The zero-order valence-electron chi connectivity index (χ0n) is 14.8. The lowest BCUT2D eigenvalue weighted by Crippen LogP contribution is -2.53. The van der Waals surface area contributed by atoms with Crippen molar-refractivity contribution in [3.05, 3.63) is 23.7 Å². The number of aryl methyl sites for hydroxylation is 1. The number of hydrogen-bond donors (Lipinski definition) is 1. The van der Waals surface area contributed by atoms with E-state index in [-0.39, 0.29) is 18.0 Å². The van der Waals surface area contributed by atoms with Crippen molar-refractivity contribution in [3.63, 3.8) is 0 Å². The maximum atomic E-state index is 12.8. The molecule has 1 N–H and O–H groups in total. The number of furan rings is 1. The topological polar surface area (TPSA) is 58.0 Å². The molecule has 24 heavy (non-hydrogen) atoms. The zero-order chi connectivity index (χ0) is 16.9. The molecule has 3 heterocycles. The van der Waals surface area contributed by atoms with Crippen molar-refractivity contribution in [1.82, 2.24) is 15.1 Å². The normalized spacial score (nSPS) is 24.3. The second-order valence-corrected chi connectivity index (χ2v) is 6.81. The molecule has 2 fully saturated rings. The van der Waals surface area contributed by atoms with Crippen molar-refractivity contribution >= 4 is 5.91 Å². The molecular formula is C18H29N3O3. The van der Waals surface area contributed by atoms with Gasteiger partial charge in [0.05, 0.1) is 25.3 Å². The molecular weight excluding hydrogens is 306 g/mol. The van der Waals surface area contributed by atoms with Crippen molar-refractivity contribution in [1.29, 1.82) is 0 Å². The van der Waals surface area contributed by atoms with Gasteiger partial charge < -0.3 is 14.1 Å². The molecule has 0 saturated carbocycles. The van der Waals surface area contributed by atoms with E-state index in [0.29, 0.717) is 0 Å². The molecule has 1 aromatic heterocycles. The van der Waals surface area contributed by atoms with Crippen LogP contribution in [0.1, 0.15) is 37.3 Å². The van der Waals surface area contributed by atoms with E-state index in [0.717, 1.165) is 70.3 Å². The lowest BCUT2D eigenvalue weighted by molar-refractivity contribution is -0.136. The molecule has 2 saturated heterocycles. The van der Waals surface area contributed by atoms with Gasteiger partial charge in [0.2, 0.25) is 5.91 Å². The van der Waals surface area contributed by atoms with Crippen molar-refractivity contribution < 1.29 is 13.9 Å². The van der Waals surface area contributed by atoms with E-state index >= 15 is 0 Å². The first-order valence-corrected chi connectivity index (χ1v) is 9.05. The fraction of sp³-hybridized carbons (Fsp3) is 0.722. The van der Waals surface area contributed by atoms with Crippen LogP contribution in [0.3, 0.4) is 0 Å². The molecule has 3 rings (SSSR count). The molecule has 1 amide bonds. The molecule has 6 heteroatoms. The molecule has 0 radical (unpaired) electrons. The Balaban J connectivity index is 1.50. The summed E-state index contributed by atoms with van der Waals surface area (Å²) >= 11 is 0. The van der Waals surface area contributed by atoms with E-state index in [1.165, 1.54) is 0 Å². The molecule has 2 atom stereocenters. The molecule has 0 aliphatic carbocycles. The van der Waals surface area contributed by atoms with Gasteiger partial charge in [-0.2, -0.15) is 0 Å². The summed E-state index contributed by atoms with van der Waals surface area (Å²) in [5, 5.41) is 3.45. The summed E-state index contributed by atoms with van der Waals surface area (Å²) in [7, 11) is 0. The minimum atomic E-state index is -0.108. The predicted molar refractivity (Wildman–Crippen MR) is 91.9 cm³/mol. The van der Waals surface area contributed by atoms with Crippen LogP contribution in [0, 0.1) is 6.92 Å². The minimum absolute atomic E-state index is 0.0480. The zero-order valence-corrected chi connectivity index (χ0v) is 14.8. The van der Waals surface area contributed by atoms with Crippen LogP contribution >= 0.6 is 0 Å². The Bertz CT molecular complexity index is 539. The number of piperidine rings is 1. The van der Waals surface area contributed by atoms with Gasteiger partial charge in [-0.05, 0) is 38.8 Å². The molecule has 134 valence electrons. The lowest BCUT2D eigenvalue weighted by atomic mass is 10.0. The standard InChI is InChI=1S/C18H29N3O3/c1-14-5-6-17(24-14)15(2)19-16-4-3-7-21(18(16)22)9-8-20-10-12-23-13-11-20/h5-6,15-16,19H,3-4,7-13H2,1-2H3/t15-,16-/m0/s1. The third-order valence-corrected chi connectivity index (χ3v) is 4.96. The summed E-state index contributed by atoms with van der Waals surface area (Å²) in [5.41, 5.74) is 0. The van der Waals surface area contributed by atoms with E-state index in [1.54, 1.807) is 0 Å². The van der Waals surface area contributed by atoms with Crippen LogP contribution < -0.4 is 5.32 Å². The smallest absolute Gasteiger partial charge is 0.239 e. The number of carbonyl (C=O) groups is 1. The maximum absolute atomic E-state index is 12.8. The number of hydrogen-bond acceptors (Lipinski definition) is 5. The van der Waals surface area contributed by atoms with Crippen LogP contribution in [0.25, 0.3) is 0 Å². The third-order valence-electron chi connectivity index (χ3n) is 4.96. The predicted octanol–water partition coefficient (Wildman–Crippen LogP) is 1.56. The number of nitrogens with one attached hydrogen (secondary N) is 1. The molecule has 0 bridgehead atoms. The van der Waals surface area contributed by atoms with Gasteiger partial charge >= 0.3 is 0 Å². The number of amides is 1. The van der Waals surface area contributed by atoms with Gasteiger partial charge in [0.25, 0.3) is 0 Å². The van der Waals surface area contributed by atoms with Crippen LogP contribution in [0.5, 0.6) is 0 Å². The van der Waals surface area contributed by atoms with E-state index in [1.807, 2.05) is 24.0 Å². The second-order valence-electron chi connectivity index (χ2n) is 6.81. The average Bonchev–Trinajstić information content (AvgIpc) is 3.03. The van der Waals surface area contributed by atoms with Crippen LogP contribution in [-0.2, 0) is 9.53 Å². The van der Waals surface area contributed by atoms with Gasteiger partial charge in [0.15, 0.2) is 0 Å². The van der Waals surface area contributed by atoms with Gasteiger partial charge in [0.1, 0.15) is 11.5 Å². The molecule has 6 nitrogen and oxygen atoms in total. The van der Waals surface area contributed by atoms with Gasteiger partial charge in [0, 0.05) is 32.7 Å². The monoisotopic (exact) mass is 335 g/mol. The Labute approximate surface area is 144 Å².